The summed E-state index contributed by atoms with van der Waals surface area (Å²) in [5.41, 5.74) is 3.94. The molecule has 0 radical (unpaired) electrons. The van der Waals surface area contributed by atoms with Crippen LogP contribution < -0.4 is 14.9 Å². The Kier molecular flexibility index (Phi) is 6.92. The zero-order valence-corrected chi connectivity index (χ0v) is 22.9. The summed E-state index contributed by atoms with van der Waals surface area (Å²) in [7, 11) is 0. The SMILES string of the molecule is CCN(CC)C(=O)C1=C(C)N=c2s/c(=C/c3cn(CC)c4ccccc34)c(=O)n2[C@H]1c1ccc(Cl)cc1. The van der Waals surface area contributed by atoms with Gasteiger partial charge in [0.25, 0.3) is 11.5 Å². The minimum absolute atomic E-state index is 0.105. The zero-order chi connectivity index (χ0) is 26.3. The van der Waals surface area contributed by atoms with Crippen LogP contribution in [0, 0.1) is 0 Å². The highest BCUT2D eigenvalue weighted by molar-refractivity contribution is 7.07. The van der Waals surface area contributed by atoms with Gasteiger partial charge >= 0.3 is 0 Å². The van der Waals surface area contributed by atoms with Crippen molar-refractivity contribution < 1.29 is 4.79 Å². The average molecular weight is 533 g/mol. The minimum Gasteiger partial charge on any atom is -0.347 e. The van der Waals surface area contributed by atoms with Crippen molar-refractivity contribution in [3.8, 4) is 0 Å². The van der Waals surface area contributed by atoms with Gasteiger partial charge in [0.2, 0.25) is 0 Å². The van der Waals surface area contributed by atoms with Gasteiger partial charge in [0.1, 0.15) is 0 Å². The summed E-state index contributed by atoms with van der Waals surface area (Å²) in [6.45, 7) is 9.85. The highest BCUT2D eigenvalue weighted by Gasteiger charge is 2.34. The number of fused-ring (bicyclic) bond motifs is 2. The summed E-state index contributed by atoms with van der Waals surface area (Å²) in [6.07, 6.45) is 4.03. The Balaban J connectivity index is 1.75. The van der Waals surface area contributed by atoms with Crippen LogP contribution in [0.4, 0.5) is 0 Å². The molecule has 1 aliphatic heterocycles. The standard InChI is InChI=1S/C29H29ClN4O2S/c1-5-32(6-2)28(36)25-18(4)31-29-34(26(25)19-12-14-21(30)15-13-19)27(35)24(37-29)16-20-17-33(7-3)23-11-9-8-10-22(20)23/h8-17,26H,5-7H2,1-4H3/b24-16+/t26-/m0/s1. The van der Waals surface area contributed by atoms with Gasteiger partial charge in [-0.1, -0.05) is 53.3 Å². The van der Waals surface area contributed by atoms with E-state index in [1.165, 1.54) is 11.3 Å². The molecule has 0 spiro atoms. The lowest BCUT2D eigenvalue weighted by molar-refractivity contribution is -0.127. The molecular formula is C29H29ClN4O2S. The first kappa shape index (κ1) is 25.2. The average Bonchev–Trinajstić information content (AvgIpc) is 3.41. The number of allylic oxidation sites excluding steroid dienone is 1. The highest BCUT2D eigenvalue weighted by Crippen LogP contribution is 2.32. The minimum atomic E-state index is -0.583. The number of carbonyl (C=O) groups is 1. The Morgan fingerprint density at radius 1 is 1.11 bits per heavy atom. The first-order valence-electron chi connectivity index (χ1n) is 12.5. The third-order valence-corrected chi connectivity index (χ3v) is 8.17. The van der Waals surface area contributed by atoms with Gasteiger partial charge < -0.3 is 9.47 Å². The summed E-state index contributed by atoms with van der Waals surface area (Å²) in [5.74, 6) is -0.105. The fourth-order valence-electron chi connectivity index (χ4n) is 5.03. The van der Waals surface area contributed by atoms with E-state index in [9.17, 15) is 9.59 Å². The van der Waals surface area contributed by atoms with Crippen molar-refractivity contribution in [2.75, 3.05) is 13.1 Å². The van der Waals surface area contributed by atoms with Crippen molar-refractivity contribution in [3.63, 3.8) is 0 Å². The van der Waals surface area contributed by atoms with Gasteiger partial charge in [-0.3, -0.25) is 14.2 Å². The van der Waals surface area contributed by atoms with E-state index < -0.39 is 6.04 Å². The Morgan fingerprint density at radius 2 is 1.81 bits per heavy atom. The Hall–Kier alpha value is -3.42. The van der Waals surface area contributed by atoms with E-state index in [2.05, 4.69) is 29.8 Å². The third-order valence-electron chi connectivity index (χ3n) is 6.94. The molecule has 190 valence electrons. The quantitative estimate of drug-likeness (QED) is 0.360. The number of carbonyl (C=O) groups excluding carboxylic acids is 1. The molecule has 4 aromatic rings. The van der Waals surface area contributed by atoms with E-state index in [4.69, 9.17) is 16.6 Å². The molecule has 6 nitrogen and oxygen atoms in total. The molecule has 37 heavy (non-hydrogen) atoms. The molecule has 3 heterocycles. The maximum atomic E-state index is 14.0. The van der Waals surface area contributed by atoms with Crippen molar-refractivity contribution in [3.05, 3.63) is 102 Å². The van der Waals surface area contributed by atoms with Crippen LogP contribution in [0.25, 0.3) is 17.0 Å². The lowest BCUT2D eigenvalue weighted by Crippen LogP contribution is -2.43. The van der Waals surface area contributed by atoms with E-state index in [0.717, 1.165) is 28.6 Å². The normalized spacial score (nSPS) is 15.7. The van der Waals surface area contributed by atoms with Gasteiger partial charge in [0.05, 0.1) is 21.8 Å². The van der Waals surface area contributed by atoms with Crippen LogP contribution in [-0.4, -0.2) is 33.0 Å². The monoisotopic (exact) mass is 532 g/mol. The third kappa shape index (κ3) is 4.36. The zero-order valence-electron chi connectivity index (χ0n) is 21.4. The van der Waals surface area contributed by atoms with Crippen molar-refractivity contribution in [1.29, 1.82) is 0 Å². The van der Waals surface area contributed by atoms with Crippen LogP contribution in [-0.2, 0) is 11.3 Å². The van der Waals surface area contributed by atoms with Crippen molar-refractivity contribution in [2.24, 2.45) is 4.99 Å². The highest BCUT2D eigenvalue weighted by atomic mass is 35.5. The molecule has 0 bridgehead atoms. The van der Waals surface area contributed by atoms with E-state index in [-0.39, 0.29) is 11.5 Å². The fraction of sp³-hybridized carbons (Fsp3) is 0.276. The number of benzene rings is 2. The first-order valence-corrected chi connectivity index (χ1v) is 13.7. The number of hydrogen-bond donors (Lipinski definition) is 0. The number of thiazole rings is 1. The molecule has 0 saturated heterocycles. The number of nitrogens with zero attached hydrogens (tertiary/aromatic N) is 4. The molecule has 2 aromatic heterocycles. The second-order valence-electron chi connectivity index (χ2n) is 9.00. The number of para-hydroxylation sites is 1. The number of rotatable bonds is 6. The van der Waals surface area contributed by atoms with Gasteiger partial charge in [-0.2, -0.15) is 0 Å². The van der Waals surface area contributed by atoms with Gasteiger partial charge in [0, 0.05) is 47.3 Å². The molecule has 2 aromatic carbocycles. The Labute approximate surface area is 224 Å². The lowest BCUT2D eigenvalue weighted by atomic mass is 9.94. The molecule has 0 unspecified atom stereocenters. The van der Waals surface area contributed by atoms with Gasteiger partial charge in [-0.05, 0) is 57.5 Å². The molecule has 1 amide bonds. The number of halogens is 1. The van der Waals surface area contributed by atoms with E-state index in [1.807, 2.05) is 51.1 Å². The molecule has 0 aliphatic carbocycles. The predicted octanol–water partition coefficient (Wildman–Crippen LogP) is 4.73. The summed E-state index contributed by atoms with van der Waals surface area (Å²) < 4.78 is 4.43. The van der Waals surface area contributed by atoms with Crippen LogP contribution >= 0.6 is 22.9 Å². The van der Waals surface area contributed by atoms with Crippen LogP contribution in [0.15, 0.2) is 75.8 Å². The van der Waals surface area contributed by atoms with Crippen LogP contribution in [0.5, 0.6) is 0 Å². The molecule has 8 heteroatoms. The second-order valence-corrected chi connectivity index (χ2v) is 10.4. The van der Waals surface area contributed by atoms with Crippen molar-refractivity contribution in [2.45, 2.75) is 40.3 Å². The summed E-state index contributed by atoms with van der Waals surface area (Å²) in [6, 6.07) is 15.0. The Bertz CT molecular complexity index is 1710. The van der Waals surface area contributed by atoms with E-state index in [1.54, 1.807) is 21.6 Å². The smallest absolute Gasteiger partial charge is 0.271 e. The number of likely N-dealkylation sites (N-methyl/N-ethyl adjacent to an activating group) is 1. The van der Waals surface area contributed by atoms with Crippen LogP contribution in [0.1, 0.15) is 44.9 Å². The molecule has 1 aliphatic rings. The summed E-state index contributed by atoms with van der Waals surface area (Å²) in [4.78, 5) is 34.8. The maximum Gasteiger partial charge on any atom is 0.271 e. The van der Waals surface area contributed by atoms with Gasteiger partial charge in [-0.25, -0.2) is 4.99 Å². The molecule has 0 N–H and O–H groups in total. The number of aryl methyl sites for hydroxylation is 1. The molecule has 0 fully saturated rings. The molecule has 0 saturated carbocycles. The topological polar surface area (TPSA) is 59.6 Å². The first-order chi connectivity index (χ1) is 17.9. The number of amides is 1. The summed E-state index contributed by atoms with van der Waals surface area (Å²) in [5, 5.41) is 1.69. The lowest BCUT2D eigenvalue weighted by Gasteiger charge is -2.29. The number of aromatic nitrogens is 2. The maximum absolute atomic E-state index is 14.0. The van der Waals surface area contributed by atoms with E-state index >= 15 is 0 Å². The van der Waals surface area contributed by atoms with Gasteiger partial charge in [0.15, 0.2) is 4.80 Å². The molecular weight excluding hydrogens is 504 g/mol. The molecule has 1 atom stereocenters. The van der Waals surface area contributed by atoms with Crippen molar-refractivity contribution in [1.82, 2.24) is 14.0 Å². The molecule has 5 rings (SSSR count). The second kappa shape index (κ2) is 10.1. The Morgan fingerprint density at radius 3 is 2.49 bits per heavy atom. The van der Waals surface area contributed by atoms with E-state index in [0.29, 0.717) is 38.7 Å². The largest absolute Gasteiger partial charge is 0.347 e. The predicted molar refractivity (Wildman–Crippen MR) is 151 cm³/mol. The van der Waals surface area contributed by atoms with Crippen LogP contribution in [0.2, 0.25) is 5.02 Å². The fourth-order valence-corrected chi connectivity index (χ4v) is 6.19. The van der Waals surface area contributed by atoms with Crippen LogP contribution in [0.3, 0.4) is 0 Å². The van der Waals surface area contributed by atoms with Crippen molar-refractivity contribution >= 4 is 45.8 Å². The summed E-state index contributed by atoms with van der Waals surface area (Å²) >= 11 is 7.54. The van der Waals surface area contributed by atoms with Gasteiger partial charge in [-0.15, -0.1) is 0 Å². The number of hydrogen-bond acceptors (Lipinski definition) is 4.